The summed E-state index contributed by atoms with van der Waals surface area (Å²) in [4.78, 5) is 22.1. The fourth-order valence-corrected chi connectivity index (χ4v) is 2.83. The summed E-state index contributed by atoms with van der Waals surface area (Å²) < 4.78 is 4.53. The zero-order chi connectivity index (χ0) is 11.3. The van der Waals surface area contributed by atoms with Gasteiger partial charge in [-0.15, -0.1) is 11.8 Å². The molecular formula is C9H14BrNO3S. The SMILES string of the molecule is COC(=O)C(Br)CNC(=O)C1CCCS1. The van der Waals surface area contributed by atoms with Gasteiger partial charge in [0.25, 0.3) is 0 Å². The van der Waals surface area contributed by atoms with Gasteiger partial charge in [0.1, 0.15) is 4.83 Å². The zero-order valence-corrected chi connectivity index (χ0v) is 10.9. The van der Waals surface area contributed by atoms with E-state index in [-0.39, 0.29) is 23.7 Å². The Morgan fingerprint density at radius 3 is 2.93 bits per heavy atom. The highest BCUT2D eigenvalue weighted by atomic mass is 79.9. The molecule has 86 valence electrons. The number of halogens is 1. The molecule has 1 rings (SSSR count). The van der Waals surface area contributed by atoms with Gasteiger partial charge in [-0.1, -0.05) is 15.9 Å². The topological polar surface area (TPSA) is 55.4 Å². The predicted octanol–water partition coefficient (Wildman–Crippen LogP) is 0.935. The van der Waals surface area contributed by atoms with Gasteiger partial charge in [-0.05, 0) is 18.6 Å². The summed E-state index contributed by atoms with van der Waals surface area (Å²) in [5, 5.41) is 2.79. The number of amides is 1. The summed E-state index contributed by atoms with van der Waals surface area (Å²) >= 11 is 4.82. The van der Waals surface area contributed by atoms with Gasteiger partial charge in [0, 0.05) is 6.54 Å². The molecule has 2 unspecified atom stereocenters. The smallest absolute Gasteiger partial charge is 0.321 e. The number of hydrogen-bond donors (Lipinski definition) is 1. The summed E-state index contributed by atoms with van der Waals surface area (Å²) in [6.45, 7) is 0.280. The third-order valence-corrected chi connectivity index (χ3v) is 4.21. The van der Waals surface area contributed by atoms with Crippen LogP contribution in [0.4, 0.5) is 0 Å². The number of hydrogen-bond acceptors (Lipinski definition) is 4. The van der Waals surface area contributed by atoms with Crippen LogP contribution in [-0.2, 0) is 14.3 Å². The van der Waals surface area contributed by atoms with Gasteiger partial charge < -0.3 is 10.1 Å². The zero-order valence-electron chi connectivity index (χ0n) is 8.49. The molecule has 0 bridgehead atoms. The molecule has 0 aromatic heterocycles. The van der Waals surface area contributed by atoms with E-state index in [1.807, 2.05) is 0 Å². The van der Waals surface area contributed by atoms with Crippen molar-refractivity contribution in [1.82, 2.24) is 5.32 Å². The van der Waals surface area contributed by atoms with Gasteiger partial charge in [-0.2, -0.15) is 0 Å². The fourth-order valence-electron chi connectivity index (χ4n) is 1.30. The first-order valence-corrected chi connectivity index (χ1v) is 6.73. The molecule has 4 nitrogen and oxygen atoms in total. The molecule has 0 aromatic rings. The van der Waals surface area contributed by atoms with Crippen molar-refractivity contribution in [3.05, 3.63) is 0 Å². The second-order valence-corrected chi connectivity index (χ2v) is 5.65. The van der Waals surface area contributed by atoms with Crippen LogP contribution in [0.2, 0.25) is 0 Å². The lowest BCUT2D eigenvalue weighted by atomic mass is 10.2. The maximum atomic E-state index is 11.6. The van der Waals surface area contributed by atoms with Crippen molar-refractivity contribution in [2.45, 2.75) is 22.9 Å². The predicted molar refractivity (Wildman–Crippen MR) is 63.2 cm³/mol. The first-order valence-electron chi connectivity index (χ1n) is 4.76. The number of methoxy groups -OCH3 is 1. The number of thioether (sulfide) groups is 1. The summed E-state index contributed by atoms with van der Waals surface area (Å²) in [5.74, 6) is 0.701. The second-order valence-electron chi connectivity index (χ2n) is 3.24. The number of ether oxygens (including phenoxy) is 1. The molecule has 1 N–H and O–H groups in total. The van der Waals surface area contributed by atoms with E-state index in [1.165, 1.54) is 7.11 Å². The maximum Gasteiger partial charge on any atom is 0.321 e. The van der Waals surface area contributed by atoms with Crippen LogP contribution in [0.1, 0.15) is 12.8 Å². The van der Waals surface area contributed by atoms with Gasteiger partial charge >= 0.3 is 5.97 Å². The van der Waals surface area contributed by atoms with Crippen LogP contribution < -0.4 is 5.32 Å². The van der Waals surface area contributed by atoms with Crippen molar-refractivity contribution in [3.63, 3.8) is 0 Å². The summed E-state index contributed by atoms with van der Waals surface area (Å²) in [5.41, 5.74) is 0. The highest BCUT2D eigenvalue weighted by molar-refractivity contribution is 9.10. The largest absolute Gasteiger partial charge is 0.468 e. The van der Waals surface area contributed by atoms with E-state index in [0.29, 0.717) is 0 Å². The molecule has 0 saturated carbocycles. The number of carbonyl (C=O) groups is 2. The van der Waals surface area contributed by atoms with Gasteiger partial charge in [-0.3, -0.25) is 9.59 Å². The third-order valence-electron chi connectivity index (χ3n) is 2.13. The van der Waals surface area contributed by atoms with E-state index < -0.39 is 4.83 Å². The minimum Gasteiger partial charge on any atom is -0.468 e. The second kappa shape index (κ2) is 6.37. The Balaban J connectivity index is 2.24. The molecule has 1 saturated heterocycles. The molecule has 1 amide bonds. The van der Waals surface area contributed by atoms with Crippen molar-refractivity contribution < 1.29 is 14.3 Å². The van der Waals surface area contributed by atoms with Crippen molar-refractivity contribution in [2.75, 3.05) is 19.4 Å². The Bertz CT molecular complexity index is 244. The molecule has 0 aromatic carbocycles. The molecule has 1 heterocycles. The van der Waals surface area contributed by atoms with Crippen molar-refractivity contribution in [3.8, 4) is 0 Å². The van der Waals surface area contributed by atoms with Crippen LogP contribution in [0.15, 0.2) is 0 Å². The Morgan fingerprint density at radius 2 is 2.40 bits per heavy atom. The van der Waals surface area contributed by atoms with E-state index >= 15 is 0 Å². The highest BCUT2D eigenvalue weighted by Gasteiger charge is 2.24. The highest BCUT2D eigenvalue weighted by Crippen LogP contribution is 2.25. The van der Waals surface area contributed by atoms with Crippen LogP contribution in [0.5, 0.6) is 0 Å². The molecule has 0 spiro atoms. The van der Waals surface area contributed by atoms with Crippen LogP contribution in [0.25, 0.3) is 0 Å². The Morgan fingerprint density at radius 1 is 1.67 bits per heavy atom. The number of rotatable bonds is 4. The molecule has 0 aliphatic carbocycles. The van der Waals surface area contributed by atoms with E-state index in [9.17, 15) is 9.59 Å². The van der Waals surface area contributed by atoms with Gasteiger partial charge in [0.15, 0.2) is 0 Å². The lowest BCUT2D eigenvalue weighted by Gasteiger charge is -2.12. The Hall–Kier alpha value is -0.230. The van der Waals surface area contributed by atoms with E-state index in [2.05, 4.69) is 26.0 Å². The lowest BCUT2D eigenvalue weighted by Crippen LogP contribution is -2.38. The van der Waals surface area contributed by atoms with Crippen molar-refractivity contribution in [1.29, 1.82) is 0 Å². The Kier molecular flexibility index (Phi) is 5.45. The quantitative estimate of drug-likeness (QED) is 0.619. The monoisotopic (exact) mass is 295 g/mol. The number of alkyl halides is 1. The number of carbonyl (C=O) groups excluding carboxylic acids is 2. The maximum absolute atomic E-state index is 11.6. The average molecular weight is 296 g/mol. The summed E-state index contributed by atoms with van der Waals surface area (Å²) in [6.07, 6.45) is 2.03. The number of nitrogens with one attached hydrogen (secondary N) is 1. The van der Waals surface area contributed by atoms with Crippen LogP contribution >= 0.6 is 27.7 Å². The standard InChI is InChI=1S/C9H14BrNO3S/c1-14-9(13)6(10)5-11-8(12)7-3-2-4-15-7/h6-7H,2-5H2,1H3,(H,11,12). The first kappa shape index (κ1) is 12.8. The van der Waals surface area contributed by atoms with Crippen molar-refractivity contribution >= 4 is 39.6 Å². The third kappa shape index (κ3) is 4.03. The van der Waals surface area contributed by atoms with Crippen molar-refractivity contribution in [2.24, 2.45) is 0 Å². The Labute approximate surface area is 102 Å². The molecule has 1 fully saturated rings. The normalized spacial score (nSPS) is 22.1. The minimum absolute atomic E-state index is 0.0193. The van der Waals surface area contributed by atoms with E-state index in [0.717, 1.165) is 18.6 Å². The molecule has 15 heavy (non-hydrogen) atoms. The average Bonchev–Trinajstić information content (AvgIpc) is 2.77. The van der Waals surface area contributed by atoms with E-state index in [1.54, 1.807) is 11.8 Å². The first-order chi connectivity index (χ1) is 7.15. The van der Waals surface area contributed by atoms with Crippen LogP contribution in [0.3, 0.4) is 0 Å². The van der Waals surface area contributed by atoms with E-state index in [4.69, 9.17) is 0 Å². The molecular weight excluding hydrogens is 282 g/mol. The molecule has 6 heteroatoms. The fraction of sp³-hybridized carbons (Fsp3) is 0.778. The molecule has 0 radical (unpaired) electrons. The molecule has 1 aliphatic heterocycles. The van der Waals surface area contributed by atoms with Gasteiger partial charge in [-0.25, -0.2) is 0 Å². The number of esters is 1. The summed E-state index contributed by atoms with van der Waals surface area (Å²) in [7, 11) is 1.32. The molecule has 2 atom stereocenters. The summed E-state index contributed by atoms with van der Waals surface area (Å²) in [6, 6.07) is 0. The minimum atomic E-state index is -0.460. The lowest BCUT2D eigenvalue weighted by molar-refractivity contribution is -0.139. The van der Waals surface area contributed by atoms with Gasteiger partial charge in [0.05, 0.1) is 12.4 Å². The molecule has 1 aliphatic rings. The van der Waals surface area contributed by atoms with Crippen LogP contribution in [-0.4, -0.2) is 41.4 Å². The van der Waals surface area contributed by atoms with Gasteiger partial charge in [0.2, 0.25) is 5.91 Å². The van der Waals surface area contributed by atoms with Crippen LogP contribution in [0, 0.1) is 0 Å².